The van der Waals surface area contributed by atoms with Gasteiger partial charge in [0.15, 0.2) is 0 Å². The minimum Gasteiger partial charge on any atom is -0.444 e. The number of rotatable bonds is 5. The van der Waals surface area contributed by atoms with Crippen LogP contribution < -0.4 is 0 Å². The van der Waals surface area contributed by atoms with E-state index >= 15 is 0 Å². The number of nitrogens with zero attached hydrogens (tertiary/aromatic N) is 2. The van der Waals surface area contributed by atoms with Crippen LogP contribution in [0.2, 0.25) is 0 Å². The average molecular weight is 457 g/mol. The number of aliphatic hydroxyl groups excluding tert-OH is 2. The number of benzene rings is 1. The van der Waals surface area contributed by atoms with Crippen molar-refractivity contribution in [3.63, 3.8) is 0 Å². The Bertz CT molecular complexity index is 896. The zero-order chi connectivity index (χ0) is 24.7. The molecule has 1 amide bonds. The van der Waals surface area contributed by atoms with Crippen molar-refractivity contribution in [2.24, 2.45) is 0 Å². The van der Waals surface area contributed by atoms with Crippen LogP contribution in [0.4, 0.5) is 18.0 Å². The molecule has 0 fully saturated rings. The van der Waals surface area contributed by atoms with Crippen molar-refractivity contribution in [1.82, 2.24) is 9.88 Å². The van der Waals surface area contributed by atoms with Crippen LogP contribution in [0, 0.1) is 0 Å². The van der Waals surface area contributed by atoms with Gasteiger partial charge in [0, 0.05) is 13.2 Å². The minimum absolute atomic E-state index is 0.129. The lowest BCUT2D eigenvalue weighted by molar-refractivity contribution is -0.141. The molecule has 0 aliphatic rings. The lowest BCUT2D eigenvalue weighted by Gasteiger charge is -2.27. The number of ether oxygens (including phenoxy) is 1. The van der Waals surface area contributed by atoms with Crippen LogP contribution in [0.1, 0.15) is 57.5 Å². The van der Waals surface area contributed by atoms with Crippen molar-refractivity contribution in [2.45, 2.75) is 59.1 Å². The third kappa shape index (κ3) is 7.49. The van der Waals surface area contributed by atoms with Crippen molar-refractivity contribution in [2.75, 3.05) is 13.6 Å². The van der Waals surface area contributed by atoms with Crippen LogP contribution in [0.3, 0.4) is 0 Å². The van der Waals surface area contributed by atoms with E-state index in [1.165, 1.54) is 18.0 Å². The standard InChI is InChI=1S/C21H25F3N2O4.C2H6/c1-20(2,3)30-19(29)26(4)11-17(28)15-7-5-6-14(16(15)12-27)13-8-9-25-18(10-13)21(22,23)24;1-2/h5-10,17,27-28H,11-12H2,1-4H3;1-2H3. The predicted molar refractivity (Wildman–Crippen MR) is 116 cm³/mol. The summed E-state index contributed by atoms with van der Waals surface area (Å²) in [6.45, 7) is 8.50. The van der Waals surface area contributed by atoms with Gasteiger partial charge in [-0.2, -0.15) is 13.2 Å². The van der Waals surface area contributed by atoms with Crippen molar-refractivity contribution < 1.29 is 32.9 Å². The first-order valence-corrected chi connectivity index (χ1v) is 10.2. The van der Waals surface area contributed by atoms with E-state index in [0.717, 1.165) is 12.3 Å². The molecule has 0 aliphatic carbocycles. The van der Waals surface area contributed by atoms with Gasteiger partial charge in [-0.25, -0.2) is 4.79 Å². The number of carbonyl (C=O) groups excluding carboxylic acids is 1. The Balaban J connectivity index is 0.00000249. The molecule has 2 aromatic rings. The van der Waals surface area contributed by atoms with Crippen LogP contribution in [-0.4, -0.2) is 45.4 Å². The van der Waals surface area contributed by atoms with E-state index in [9.17, 15) is 28.2 Å². The summed E-state index contributed by atoms with van der Waals surface area (Å²) in [6, 6.07) is 6.95. The van der Waals surface area contributed by atoms with Gasteiger partial charge in [-0.1, -0.05) is 32.0 Å². The third-order valence-corrected chi connectivity index (χ3v) is 4.24. The van der Waals surface area contributed by atoms with E-state index in [4.69, 9.17) is 4.74 Å². The van der Waals surface area contributed by atoms with Crippen LogP contribution in [0.25, 0.3) is 11.1 Å². The fraction of sp³-hybridized carbons (Fsp3) is 0.478. The summed E-state index contributed by atoms with van der Waals surface area (Å²) in [5.74, 6) is 0. The van der Waals surface area contributed by atoms with Crippen LogP contribution in [0.15, 0.2) is 36.5 Å². The van der Waals surface area contributed by atoms with Crippen molar-refractivity contribution in [1.29, 1.82) is 0 Å². The highest BCUT2D eigenvalue weighted by Gasteiger charge is 2.32. The Morgan fingerprint density at radius 3 is 2.34 bits per heavy atom. The second kappa shape index (κ2) is 11.3. The molecule has 1 atom stereocenters. The van der Waals surface area contributed by atoms with Gasteiger partial charge in [-0.3, -0.25) is 4.98 Å². The molecule has 32 heavy (non-hydrogen) atoms. The molecule has 0 saturated heterocycles. The first-order valence-electron chi connectivity index (χ1n) is 10.2. The maximum atomic E-state index is 13.0. The number of pyridine rings is 1. The Morgan fingerprint density at radius 1 is 1.19 bits per heavy atom. The highest BCUT2D eigenvalue weighted by Crippen LogP contribution is 2.34. The van der Waals surface area contributed by atoms with E-state index in [2.05, 4.69) is 4.98 Å². The second-order valence-corrected chi connectivity index (χ2v) is 7.84. The Labute approximate surface area is 186 Å². The van der Waals surface area contributed by atoms with Crippen molar-refractivity contribution >= 4 is 6.09 Å². The number of hydrogen-bond donors (Lipinski definition) is 2. The van der Waals surface area contributed by atoms with E-state index < -0.39 is 36.3 Å². The molecule has 0 saturated carbocycles. The van der Waals surface area contributed by atoms with Gasteiger partial charge in [0.2, 0.25) is 0 Å². The zero-order valence-electron chi connectivity index (χ0n) is 19.2. The molecule has 2 rings (SSSR count). The molecule has 0 spiro atoms. The molecule has 1 aromatic heterocycles. The number of likely N-dealkylation sites (N-methyl/N-ethyl adjacent to an activating group) is 1. The van der Waals surface area contributed by atoms with E-state index in [-0.39, 0.29) is 17.7 Å². The van der Waals surface area contributed by atoms with Gasteiger partial charge >= 0.3 is 12.3 Å². The summed E-state index contributed by atoms with van der Waals surface area (Å²) >= 11 is 0. The predicted octanol–water partition coefficient (Wildman–Crippen LogP) is 5.19. The summed E-state index contributed by atoms with van der Waals surface area (Å²) in [6.07, 6.45) is -5.39. The fourth-order valence-corrected chi connectivity index (χ4v) is 2.89. The SMILES string of the molecule is CC.CN(CC(O)c1cccc(-c2ccnc(C(F)(F)F)c2)c1CO)C(=O)OC(C)(C)C. The van der Waals surface area contributed by atoms with Crippen LogP contribution in [-0.2, 0) is 17.5 Å². The first-order chi connectivity index (χ1) is 14.8. The topological polar surface area (TPSA) is 82.9 Å². The first kappa shape index (κ1) is 27.4. The molecule has 1 heterocycles. The monoisotopic (exact) mass is 456 g/mol. The Morgan fingerprint density at radius 2 is 1.81 bits per heavy atom. The van der Waals surface area contributed by atoms with E-state index in [1.54, 1.807) is 39.0 Å². The summed E-state index contributed by atoms with van der Waals surface area (Å²) in [4.78, 5) is 16.7. The largest absolute Gasteiger partial charge is 0.444 e. The molecule has 1 aromatic carbocycles. The lowest BCUT2D eigenvalue weighted by atomic mass is 9.93. The highest BCUT2D eigenvalue weighted by molar-refractivity contribution is 5.70. The zero-order valence-corrected chi connectivity index (χ0v) is 19.2. The van der Waals surface area contributed by atoms with Gasteiger partial charge in [0.1, 0.15) is 11.3 Å². The lowest BCUT2D eigenvalue weighted by Crippen LogP contribution is -2.36. The molecule has 2 N–H and O–H groups in total. The van der Waals surface area contributed by atoms with Gasteiger partial charge in [0.05, 0.1) is 19.3 Å². The number of amides is 1. The van der Waals surface area contributed by atoms with Gasteiger partial charge < -0.3 is 19.8 Å². The maximum Gasteiger partial charge on any atom is 0.433 e. The molecule has 0 bridgehead atoms. The number of hydrogen-bond acceptors (Lipinski definition) is 5. The normalized spacial score (nSPS) is 12.5. The van der Waals surface area contributed by atoms with Crippen molar-refractivity contribution in [3.8, 4) is 11.1 Å². The molecule has 6 nitrogen and oxygen atoms in total. The summed E-state index contributed by atoms with van der Waals surface area (Å²) in [7, 11) is 1.46. The molecular formula is C23H31F3N2O4. The summed E-state index contributed by atoms with van der Waals surface area (Å²) < 4.78 is 44.3. The summed E-state index contributed by atoms with van der Waals surface area (Å²) in [5, 5.41) is 20.5. The molecule has 0 radical (unpaired) electrons. The van der Waals surface area contributed by atoms with Gasteiger partial charge in [-0.05, 0) is 55.2 Å². The number of aliphatic hydroxyl groups is 2. The molecule has 178 valence electrons. The highest BCUT2D eigenvalue weighted by atomic mass is 19.4. The smallest absolute Gasteiger partial charge is 0.433 e. The number of halogens is 3. The van der Waals surface area contributed by atoms with Crippen molar-refractivity contribution in [3.05, 3.63) is 53.3 Å². The molecule has 9 heteroatoms. The van der Waals surface area contributed by atoms with E-state index in [0.29, 0.717) is 11.1 Å². The average Bonchev–Trinajstić information content (AvgIpc) is 2.72. The molecule has 1 unspecified atom stereocenters. The van der Waals surface area contributed by atoms with Gasteiger partial charge in [-0.15, -0.1) is 0 Å². The van der Waals surface area contributed by atoms with E-state index in [1.807, 2.05) is 13.8 Å². The van der Waals surface area contributed by atoms with Gasteiger partial charge in [0.25, 0.3) is 0 Å². The van der Waals surface area contributed by atoms with Crippen LogP contribution >= 0.6 is 0 Å². The minimum atomic E-state index is -4.61. The fourth-order valence-electron chi connectivity index (χ4n) is 2.89. The maximum absolute atomic E-state index is 13.0. The quantitative estimate of drug-likeness (QED) is 0.647. The second-order valence-electron chi connectivity index (χ2n) is 7.84. The molecular weight excluding hydrogens is 425 g/mol. The molecule has 0 aliphatic heterocycles. The Hall–Kier alpha value is -2.65. The Kier molecular flexibility index (Phi) is 9.66. The van der Waals surface area contributed by atoms with Crippen LogP contribution in [0.5, 0.6) is 0 Å². The number of carbonyl (C=O) groups is 1. The number of aromatic nitrogens is 1. The third-order valence-electron chi connectivity index (χ3n) is 4.24. The number of alkyl halides is 3. The summed E-state index contributed by atoms with van der Waals surface area (Å²) in [5.41, 5.74) is -0.653.